The summed E-state index contributed by atoms with van der Waals surface area (Å²) >= 11 is 0. The zero-order valence-corrected chi connectivity index (χ0v) is 22.4. The van der Waals surface area contributed by atoms with Gasteiger partial charge in [0.1, 0.15) is 19.3 Å². The van der Waals surface area contributed by atoms with E-state index in [2.05, 4.69) is 6.92 Å². The molecule has 2 atom stereocenters. The van der Waals surface area contributed by atoms with Crippen molar-refractivity contribution in [3.63, 3.8) is 0 Å². The largest absolute Gasteiger partial charge is 0.463 e. The zero-order valence-electron chi connectivity index (χ0n) is 22.4. The fourth-order valence-electron chi connectivity index (χ4n) is 3.82. The van der Waals surface area contributed by atoms with E-state index in [1.807, 2.05) is 0 Å². The van der Waals surface area contributed by atoms with Gasteiger partial charge in [0, 0.05) is 27.2 Å². The number of rotatable bonds is 22. The summed E-state index contributed by atoms with van der Waals surface area (Å²) in [5.41, 5.74) is 0. The average molecular weight is 501 g/mol. The number of esters is 4. The Bertz CT molecular complexity index is 590. The van der Waals surface area contributed by atoms with E-state index in [1.165, 1.54) is 52.9 Å². The van der Waals surface area contributed by atoms with Gasteiger partial charge in [-0.1, -0.05) is 64.7 Å². The highest BCUT2D eigenvalue weighted by atomic mass is 16.6. The van der Waals surface area contributed by atoms with E-state index < -0.39 is 18.0 Å². The standard InChI is InChI=1S/C27H48O8/c1-5-6-7-14-17-25(34-23(3)29)18-15-12-10-8-9-11-13-16-19-27(31)33-21-26(35-24(4)30)20-32-22(2)28/h25-26H,5-21H2,1-4H3. The van der Waals surface area contributed by atoms with Crippen molar-refractivity contribution in [2.45, 2.75) is 136 Å². The van der Waals surface area contributed by atoms with E-state index in [4.69, 9.17) is 18.9 Å². The maximum atomic E-state index is 11.9. The second kappa shape index (κ2) is 22.4. The van der Waals surface area contributed by atoms with Gasteiger partial charge in [0.15, 0.2) is 6.10 Å². The van der Waals surface area contributed by atoms with Crippen LogP contribution in [-0.4, -0.2) is 49.3 Å². The number of carbonyl (C=O) groups is 4. The van der Waals surface area contributed by atoms with Gasteiger partial charge in [-0.05, 0) is 32.1 Å². The number of unbranched alkanes of at least 4 members (excludes halogenated alkanes) is 10. The molecule has 2 unspecified atom stereocenters. The summed E-state index contributed by atoms with van der Waals surface area (Å²) < 4.78 is 20.4. The molecule has 0 aliphatic heterocycles. The summed E-state index contributed by atoms with van der Waals surface area (Å²) in [6.45, 7) is 5.93. The molecule has 35 heavy (non-hydrogen) atoms. The quantitative estimate of drug-likeness (QED) is 0.104. The van der Waals surface area contributed by atoms with Gasteiger partial charge in [-0.2, -0.15) is 0 Å². The Labute approximate surface area is 211 Å². The van der Waals surface area contributed by atoms with Gasteiger partial charge in [-0.3, -0.25) is 19.2 Å². The molecule has 0 rings (SSSR count). The maximum Gasteiger partial charge on any atom is 0.305 e. The van der Waals surface area contributed by atoms with Gasteiger partial charge in [0.25, 0.3) is 0 Å². The summed E-state index contributed by atoms with van der Waals surface area (Å²) in [4.78, 5) is 45.2. The van der Waals surface area contributed by atoms with Gasteiger partial charge >= 0.3 is 23.9 Å². The molecule has 0 aliphatic rings. The van der Waals surface area contributed by atoms with Crippen molar-refractivity contribution in [2.24, 2.45) is 0 Å². The van der Waals surface area contributed by atoms with E-state index in [0.29, 0.717) is 6.42 Å². The summed E-state index contributed by atoms with van der Waals surface area (Å²) in [6, 6.07) is 0. The SMILES string of the molecule is CCCCCCC(CCCCCCCCCCC(=O)OCC(COC(C)=O)OC(C)=O)OC(C)=O. The van der Waals surface area contributed by atoms with Crippen LogP contribution in [0.4, 0.5) is 0 Å². The first-order valence-electron chi connectivity index (χ1n) is 13.4. The zero-order chi connectivity index (χ0) is 26.3. The van der Waals surface area contributed by atoms with Crippen molar-refractivity contribution < 1.29 is 38.1 Å². The van der Waals surface area contributed by atoms with Crippen molar-refractivity contribution in [1.29, 1.82) is 0 Å². The van der Waals surface area contributed by atoms with E-state index in [1.54, 1.807) is 0 Å². The number of hydrogen-bond acceptors (Lipinski definition) is 8. The first kappa shape index (κ1) is 32.9. The van der Waals surface area contributed by atoms with Crippen LogP contribution in [0.2, 0.25) is 0 Å². The van der Waals surface area contributed by atoms with E-state index >= 15 is 0 Å². The second-order valence-electron chi connectivity index (χ2n) is 9.16. The summed E-state index contributed by atoms with van der Waals surface area (Å²) in [6.07, 6.45) is 14.8. The molecular weight excluding hydrogens is 452 g/mol. The molecule has 204 valence electrons. The smallest absolute Gasteiger partial charge is 0.305 e. The van der Waals surface area contributed by atoms with Gasteiger partial charge in [-0.15, -0.1) is 0 Å². The normalized spacial score (nSPS) is 12.5. The monoisotopic (exact) mass is 500 g/mol. The highest BCUT2D eigenvalue weighted by molar-refractivity contribution is 5.69. The molecular formula is C27H48O8. The molecule has 0 spiro atoms. The predicted octanol–water partition coefficient (Wildman–Crippen LogP) is 5.83. The first-order valence-corrected chi connectivity index (χ1v) is 13.4. The molecule has 0 N–H and O–H groups in total. The molecule has 8 nitrogen and oxygen atoms in total. The molecule has 0 radical (unpaired) electrons. The molecule has 0 saturated heterocycles. The third kappa shape index (κ3) is 23.4. The molecule has 0 aromatic carbocycles. The number of hydrogen-bond donors (Lipinski definition) is 0. The Morgan fingerprint density at radius 2 is 1.00 bits per heavy atom. The molecule has 0 aromatic heterocycles. The second-order valence-corrected chi connectivity index (χ2v) is 9.16. The molecule has 0 fully saturated rings. The van der Waals surface area contributed by atoms with Crippen molar-refractivity contribution in [3.05, 3.63) is 0 Å². The van der Waals surface area contributed by atoms with Crippen molar-refractivity contribution in [1.82, 2.24) is 0 Å². The fraction of sp³-hybridized carbons (Fsp3) is 0.852. The minimum atomic E-state index is -0.786. The highest BCUT2D eigenvalue weighted by Crippen LogP contribution is 2.17. The first-order chi connectivity index (χ1) is 16.7. The molecule has 0 bridgehead atoms. The van der Waals surface area contributed by atoms with Crippen LogP contribution in [0.3, 0.4) is 0 Å². The third-order valence-corrected chi connectivity index (χ3v) is 5.60. The van der Waals surface area contributed by atoms with Gasteiger partial charge in [-0.25, -0.2) is 0 Å². The molecule has 0 heterocycles. The fourth-order valence-corrected chi connectivity index (χ4v) is 3.82. The molecule has 0 aliphatic carbocycles. The molecule has 0 saturated carbocycles. The van der Waals surface area contributed by atoms with Gasteiger partial charge in [0.2, 0.25) is 0 Å². The minimum Gasteiger partial charge on any atom is -0.463 e. The van der Waals surface area contributed by atoms with Gasteiger partial charge < -0.3 is 18.9 Å². The molecule has 0 aromatic rings. The average Bonchev–Trinajstić information content (AvgIpc) is 2.78. The number of carbonyl (C=O) groups excluding carboxylic acids is 4. The van der Waals surface area contributed by atoms with E-state index in [0.717, 1.165) is 57.8 Å². The van der Waals surface area contributed by atoms with E-state index in [-0.39, 0.29) is 31.3 Å². The topological polar surface area (TPSA) is 105 Å². The summed E-state index contributed by atoms with van der Waals surface area (Å²) in [5, 5.41) is 0. The minimum absolute atomic E-state index is 0.0649. The Morgan fingerprint density at radius 1 is 0.543 bits per heavy atom. The maximum absolute atomic E-state index is 11.9. The van der Waals surface area contributed by atoms with Crippen LogP contribution < -0.4 is 0 Å². The molecule has 8 heteroatoms. The Morgan fingerprint density at radius 3 is 1.51 bits per heavy atom. The van der Waals surface area contributed by atoms with Crippen LogP contribution in [0, 0.1) is 0 Å². The van der Waals surface area contributed by atoms with Crippen LogP contribution in [0.15, 0.2) is 0 Å². The van der Waals surface area contributed by atoms with Crippen molar-refractivity contribution in [2.75, 3.05) is 13.2 Å². The van der Waals surface area contributed by atoms with Crippen LogP contribution >= 0.6 is 0 Å². The van der Waals surface area contributed by atoms with Crippen LogP contribution in [-0.2, 0) is 38.1 Å². The lowest BCUT2D eigenvalue weighted by molar-refractivity contribution is -0.164. The predicted molar refractivity (Wildman–Crippen MR) is 134 cm³/mol. The lowest BCUT2D eigenvalue weighted by atomic mass is 10.0. The third-order valence-electron chi connectivity index (χ3n) is 5.60. The van der Waals surface area contributed by atoms with E-state index in [9.17, 15) is 19.2 Å². The molecule has 0 amide bonds. The van der Waals surface area contributed by atoms with Gasteiger partial charge in [0.05, 0.1) is 0 Å². The Kier molecular flexibility index (Phi) is 21.0. The Hall–Kier alpha value is -2.12. The summed E-state index contributed by atoms with van der Waals surface area (Å²) in [5.74, 6) is -1.54. The summed E-state index contributed by atoms with van der Waals surface area (Å²) in [7, 11) is 0. The van der Waals surface area contributed by atoms with Crippen molar-refractivity contribution in [3.8, 4) is 0 Å². The number of ether oxygens (including phenoxy) is 4. The van der Waals surface area contributed by atoms with Crippen LogP contribution in [0.25, 0.3) is 0 Å². The van der Waals surface area contributed by atoms with Crippen molar-refractivity contribution >= 4 is 23.9 Å². The van der Waals surface area contributed by atoms with Crippen LogP contribution in [0.1, 0.15) is 124 Å². The lowest BCUT2D eigenvalue weighted by Gasteiger charge is -2.17. The highest BCUT2D eigenvalue weighted by Gasteiger charge is 2.17. The Balaban J connectivity index is 3.77. The van der Waals surface area contributed by atoms with Crippen LogP contribution in [0.5, 0.6) is 0 Å². The lowest BCUT2D eigenvalue weighted by Crippen LogP contribution is -2.29.